The summed E-state index contributed by atoms with van der Waals surface area (Å²) in [5.74, 6) is 0.0481. The Hall–Kier alpha value is -2.61. The van der Waals surface area contributed by atoms with Crippen molar-refractivity contribution in [2.45, 2.75) is 23.0 Å². The first kappa shape index (κ1) is 20.3. The molecule has 2 aliphatic heterocycles. The second-order valence-electron chi connectivity index (χ2n) is 7.86. The molecule has 0 aliphatic carbocycles. The van der Waals surface area contributed by atoms with Crippen LogP contribution >= 0.6 is 11.8 Å². The fourth-order valence-corrected chi connectivity index (χ4v) is 5.78. The molecule has 3 N–H and O–H groups in total. The highest BCUT2D eigenvalue weighted by molar-refractivity contribution is 7.99. The van der Waals surface area contributed by atoms with Crippen LogP contribution in [0.4, 0.5) is 0 Å². The number of nitrogens with two attached hydrogens (primary N) is 1. The molecule has 7 heteroatoms. The molecule has 1 unspecified atom stereocenters. The molecule has 3 heterocycles. The summed E-state index contributed by atoms with van der Waals surface area (Å²) in [4.78, 5) is 16.8. The van der Waals surface area contributed by atoms with Gasteiger partial charge in [-0.05, 0) is 31.5 Å². The lowest BCUT2D eigenvalue weighted by Crippen LogP contribution is -2.42. The lowest BCUT2D eigenvalue weighted by molar-refractivity contribution is -0.644. The van der Waals surface area contributed by atoms with E-state index in [2.05, 4.69) is 46.2 Å². The number of carbonyl (C=O) groups excluding carboxylic acids is 1. The largest absolute Gasteiger partial charge is 0.378 e. The first-order valence-corrected chi connectivity index (χ1v) is 11.7. The van der Waals surface area contributed by atoms with Crippen molar-refractivity contribution in [1.82, 2.24) is 10.00 Å². The first-order valence-electron chi connectivity index (χ1n) is 10.8. The van der Waals surface area contributed by atoms with Crippen molar-refractivity contribution in [2.75, 3.05) is 32.8 Å². The first-order chi connectivity index (χ1) is 15.3. The van der Waals surface area contributed by atoms with E-state index in [4.69, 9.17) is 10.5 Å². The van der Waals surface area contributed by atoms with E-state index in [0.717, 1.165) is 35.3 Å². The number of aromatic amines is 1. The Morgan fingerprint density at radius 2 is 1.87 bits per heavy atom. The summed E-state index contributed by atoms with van der Waals surface area (Å²) < 4.78 is 7.55. The normalized spacial score (nSPS) is 17.8. The topological polar surface area (TPSA) is 75.2 Å². The number of nitrogens with one attached hydrogen (secondary N) is 1. The van der Waals surface area contributed by atoms with Crippen LogP contribution in [0.2, 0.25) is 0 Å². The summed E-state index contributed by atoms with van der Waals surface area (Å²) in [6.07, 6.45) is 1.85. The zero-order valence-corrected chi connectivity index (χ0v) is 18.2. The van der Waals surface area contributed by atoms with E-state index in [1.807, 2.05) is 34.9 Å². The summed E-state index contributed by atoms with van der Waals surface area (Å²) in [6, 6.07) is 18.7. The monoisotopic (exact) mass is 435 g/mol. The Balaban J connectivity index is 1.71. The molecule has 1 fully saturated rings. The molecule has 6 nitrogen and oxygen atoms in total. The van der Waals surface area contributed by atoms with Gasteiger partial charge in [0.15, 0.2) is 5.69 Å². The van der Waals surface area contributed by atoms with E-state index >= 15 is 0 Å². The number of nitrogens with zero attached hydrogens (tertiary/aromatic N) is 2. The lowest BCUT2D eigenvalue weighted by Gasteiger charge is -2.27. The molecule has 2 aliphatic rings. The molecule has 2 aromatic carbocycles. The zero-order valence-electron chi connectivity index (χ0n) is 17.4. The quantitative estimate of drug-likeness (QED) is 0.603. The predicted molar refractivity (Wildman–Crippen MR) is 121 cm³/mol. The van der Waals surface area contributed by atoms with E-state index in [1.54, 1.807) is 0 Å². The molecule has 31 heavy (non-hydrogen) atoms. The Labute approximate surface area is 186 Å². The Bertz CT molecular complexity index is 1080. The number of aromatic nitrogens is 2. The molecule has 160 valence electrons. The third-order valence-electron chi connectivity index (χ3n) is 5.90. The van der Waals surface area contributed by atoms with E-state index in [1.165, 1.54) is 4.90 Å². The van der Waals surface area contributed by atoms with Crippen molar-refractivity contribution in [3.63, 3.8) is 0 Å². The summed E-state index contributed by atoms with van der Waals surface area (Å²) >= 11 is 1.84. The highest BCUT2D eigenvalue weighted by Gasteiger charge is 2.41. The molecule has 5 rings (SSSR count). The number of H-pyrrole nitrogens is 1. The summed E-state index contributed by atoms with van der Waals surface area (Å²) in [6.45, 7) is 3.05. The van der Waals surface area contributed by atoms with Gasteiger partial charge in [-0.2, -0.15) is 5.10 Å². The van der Waals surface area contributed by atoms with Crippen LogP contribution in [0.25, 0.3) is 16.9 Å². The number of fused-ring (bicyclic) bond motifs is 3. The lowest BCUT2D eigenvalue weighted by atomic mass is 9.98. The van der Waals surface area contributed by atoms with Crippen molar-refractivity contribution in [1.29, 1.82) is 0 Å². The van der Waals surface area contributed by atoms with E-state index < -0.39 is 0 Å². The maximum Gasteiger partial charge on any atom is 0.276 e. The van der Waals surface area contributed by atoms with Gasteiger partial charge < -0.3 is 15.4 Å². The van der Waals surface area contributed by atoms with Crippen molar-refractivity contribution >= 4 is 17.7 Å². The van der Waals surface area contributed by atoms with Gasteiger partial charge in [-0.1, -0.05) is 35.0 Å². The highest BCUT2D eigenvalue weighted by atomic mass is 32.2. The van der Waals surface area contributed by atoms with Crippen LogP contribution in [0.1, 0.15) is 34.1 Å². The number of benzene rings is 2. The standard InChI is InChI=1S/C24H26N4O2S/c25-12-6-11-20-21-22(24(29)27-13-15-30-16-14-27)26-28(17-7-2-1-3-8-17)23(21)18-9-4-5-10-19(18)31-20/h1-5,7-10,20H,6,11-16,25H2/p+1. The zero-order chi connectivity index (χ0) is 21.2. The maximum atomic E-state index is 13.6. The molecule has 1 aromatic heterocycles. The molecule has 0 radical (unpaired) electrons. The SMILES string of the molecule is NCCCC1Sc2ccccc2-c2c1c(C(=O)N1CCOCC1)[nH][n+]2-c1ccccc1. The van der Waals surface area contributed by atoms with Gasteiger partial charge in [-0.15, -0.1) is 11.8 Å². The van der Waals surface area contributed by atoms with Gasteiger partial charge in [0.25, 0.3) is 11.6 Å². The van der Waals surface area contributed by atoms with Crippen LogP contribution in [-0.2, 0) is 4.74 Å². The fourth-order valence-electron chi connectivity index (χ4n) is 4.39. The smallest absolute Gasteiger partial charge is 0.276 e. The number of hydrogen-bond acceptors (Lipinski definition) is 4. The minimum atomic E-state index is 0.0481. The number of hydrogen-bond donors (Lipinski definition) is 2. The van der Waals surface area contributed by atoms with Crippen molar-refractivity contribution < 1.29 is 14.2 Å². The average Bonchev–Trinajstić information content (AvgIpc) is 3.24. The van der Waals surface area contributed by atoms with Crippen LogP contribution in [0.3, 0.4) is 0 Å². The minimum Gasteiger partial charge on any atom is -0.378 e. The van der Waals surface area contributed by atoms with Gasteiger partial charge in [-0.25, -0.2) is 0 Å². The molecule has 0 saturated carbocycles. The highest BCUT2D eigenvalue weighted by Crippen LogP contribution is 2.51. The molecular formula is C24H27N4O2S+. The van der Waals surface area contributed by atoms with Gasteiger partial charge in [-0.3, -0.25) is 4.79 Å². The summed E-state index contributed by atoms with van der Waals surface area (Å²) in [5, 5.41) is 3.67. The number of ether oxygens (including phenoxy) is 1. The fraction of sp³-hybridized carbons (Fsp3) is 0.333. The number of carbonyl (C=O) groups is 1. The second-order valence-corrected chi connectivity index (χ2v) is 9.10. The number of thioether (sulfide) groups is 1. The molecular weight excluding hydrogens is 408 g/mol. The van der Waals surface area contributed by atoms with E-state index in [0.29, 0.717) is 38.5 Å². The van der Waals surface area contributed by atoms with Gasteiger partial charge in [0.1, 0.15) is 0 Å². The Morgan fingerprint density at radius 1 is 1.13 bits per heavy atom. The van der Waals surface area contributed by atoms with Gasteiger partial charge in [0, 0.05) is 35.4 Å². The van der Waals surface area contributed by atoms with Crippen molar-refractivity contribution in [2.24, 2.45) is 5.73 Å². The van der Waals surface area contributed by atoms with Crippen molar-refractivity contribution in [3.05, 3.63) is 65.9 Å². The second kappa shape index (κ2) is 8.86. The van der Waals surface area contributed by atoms with Crippen LogP contribution < -0.4 is 10.4 Å². The van der Waals surface area contributed by atoms with Crippen LogP contribution in [0, 0.1) is 0 Å². The van der Waals surface area contributed by atoms with E-state index in [-0.39, 0.29) is 11.2 Å². The maximum absolute atomic E-state index is 13.6. The molecule has 0 bridgehead atoms. The number of amides is 1. The predicted octanol–water partition coefficient (Wildman–Crippen LogP) is 3.32. The minimum absolute atomic E-state index is 0.0481. The van der Waals surface area contributed by atoms with Crippen LogP contribution in [-0.4, -0.2) is 48.8 Å². The molecule has 3 aromatic rings. The van der Waals surface area contributed by atoms with Crippen LogP contribution in [0.15, 0.2) is 59.5 Å². The van der Waals surface area contributed by atoms with Gasteiger partial charge in [0.2, 0.25) is 5.69 Å². The third-order valence-corrected chi connectivity index (χ3v) is 7.27. The third kappa shape index (κ3) is 3.78. The molecule has 1 amide bonds. The van der Waals surface area contributed by atoms with Crippen LogP contribution in [0.5, 0.6) is 0 Å². The molecule has 1 atom stereocenters. The summed E-state index contributed by atoms with van der Waals surface area (Å²) in [7, 11) is 0. The van der Waals surface area contributed by atoms with Gasteiger partial charge >= 0.3 is 0 Å². The Kier molecular flexibility index (Phi) is 5.80. The van der Waals surface area contributed by atoms with E-state index in [9.17, 15) is 4.79 Å². The number of morpholine rings is 1. The Morgan fingerprint density at radius 3 is 2.65 bits per heavy atom. The molecule has 1 saturated heterocycles. The average molecular weight is 436 g/mol. The number of para-hydroxylation sites is 1. The number of rotatable bonds is 5. The van der Waals surface area contributed by atoms with Crippen molar-refractivity contribution in [3.8, 4) is 16.9 Å². The summed E-state index contributed by atoms with van der Waals surface area (Å²) in [5.41, 5.74) is 10.9. The molecule has 0 spiro atoms. The van der Waals surface area contributed by atoms with Gasteiger partial charge in [0.05, 0.1) is 24.3 Å².